The Hall–Kier alpha value is -1.96. The molecular weight excluding hydrogens is 294 g/mol. The van der Waals surface area contributed by atoms with Crippen LogP contribution >= 0.6 is 0 Å². The molecule has 0 aromatic carbocycles. The number of terminal acetylenes is 1. The number of hydrogen-bond donors (Lipinski definition) is 0. The van der Waals surface area contributed by atoms with Crippen molar-refractivity contribution in [3.05, 3.63) is 0 Å². The van der Waals surface area contributed by atoms with E-state index in [1.807, 2.05) is 20.8 Å². The molecule has 0 saturated carbocycles. The molecule has 0 radical (unpaired) electrons. The fourth-order valence-corrected chi connectivity index (χ4v) is 2.61. The van der Waals surface area contributed by atoms with Gasteiger partial charge in [-0.2, -0.15) is 0 Å². The van der Waals surface area contributed by atoms with Crippen molar-refractivity contribution in [2.75, 3.05) is 0 Å². The maximum absolute atomic E-state index is 12.3. The first-order chi connectivity index (χ1) is 10.7. The average Bonchev–Trinajstić information content (AvgIpc) is 2.76. The summed E-state index contributed by atoms with van der Waals surface area (Å²) < 4.78 is 0. The summed E-state index contributed by atoms with van der Waals surface area (Å²) in [7, 11) is 0. The van der Waals surface area contributed by atoms with E-state index in [4.69, 9.17) is 6.42 Å². The summed E-state index contributed by atoms with van der Waals surface area (Å²) in [6.45, 7) is 5.86. The highest BCUT2D eigenvalue weighted by molar-refractivity contribution is 6.15. The lowest BCUT2D eigenvalue weighted by Gasteiger charge is -2.30. The lowest BCUT2D eigenvalue weighted by atomic mass is 9.75. The molecule has 0 bridgehead atoms. The number of hydrogen-bond acceptors (Lipinski definition) is 4. The summed E-state index contributed by atoms with van der Waals surface area (Å²) in [6.07, 6.45) is 7.24. The summed E-state index contributed by atoms with van der Waals surface area (Å²) in [4.78, 5) is 48.4. The van der Waals surface area contributed by atoms with Crippen LogP contribution in [0.4, 0.5) is 0 Å². The van der Waals surface area contributed by atoms with Crippen LogP contribution in [-0.2, 0) is 19.2 Å². The Morgan fingerprint density at radius 2 is 1.74 bits per heavy atom. The van der Waals surface area contributed by atoms with Crippen molar-refractivity contribution in [3.8, 4) is 12.3 Å². The molecule has 1 saturated heterocycles. The fraction of sp³-hybridized carbons (Fsp3) is 0.667. The molecule has 1 aliphatic heterocycles. The summed E-state index contributed by atoms with van der Waals surface area (Å²) in [5.41, 5.74) is -0.275. The SMILES string of the molecule is C#CCCCC(=O)CC(CC(=O)N1C(=O)CCC1=O)C(C)(C)C. The van der Waals surface area contributed by atoms with E-state index in [9.17, 15) is 19.2 Å². The maximum Gasteiger partial charge on any atom is 0.236 e. The minimum absolute atomic E-state index is 0.0296. The third kappa shape index (κ3) is 5.63. The topological polar surface area (TPSA) is 71.5 Å². The van der Waals surface area contributed by atoms with E-state index in [2.05, 4.69) is 5.92 Å². The fourth-order valence-electron chi connectivity index (χ4n) is 2.61. The van der Waals surface area contributed by atoms with Crippen molar-refractivity contribution >= 4 is 23.5 Å². The van der Waals surface area contributed by atoms with Gasteiger partial charge in [-0.1, -0.05) is 20.8 Å². The van der Waals surface area contributed by atoms with Crippen molar-refractivity contribution < 1.29 is 19.2 Å². The largest absolute Gasteiger partial charge is 0.300 e. The lowest BCUT2D eigenvalue weighted by molar-refractivity contribution is -0.150. The number of carbonyl (C=O) groups excluding carboxylic acids is 4. The Labute approximate surface area is 137 Å². The van der Waals surface area contributed by atoms with Crippen LogP contribution < -0.4 is 0 Å². The quantitative estimate of drug-likeness (QED) is 0.410. The molecule has 0 aromatic heterocycles. The maximum atomic E-state index is 12.3. The number of likely N-dealkylation sites (tertiary alicyclic amines) is 1. The van der Waals surface area contributed by atoms with Crippen molar-refractivity contribution in [1.29, 1.82) is 0 Å². The highest BCUT2D eigenvalue weighted by Gasteiger charge is 2.37. The van der Waals surface area contributed by atoms with E-state index < -0.39 is 17.7 Å². The molecule has 1 aliphatic rings. The Bertz CT molecular complexity index is 520. The summed E-state index contributed by atoms with van der Waals surface area (Å²) in [5, 5.41) is 0. The first-order valence-electron chi connectivity index (χ1n) is 8.00. The molecule has 1 atom stereocenters. The van der Waals surface area contributed by atoms with Gasteiger partial charge in [0.15, 0.2) is 0 Å². The van der Waals surface area contributed by atoms with Crippen LogP contribution in [0, 0.1) is 23.7 Å². The molecule has 5 heteroatoms. The van der Waals surface area contributed by atoms with Crippen molar-refractivity contribution in [3.63, 3.8) is 0 Å². The third-order valence-electron chi connectivity index (χ3n) is 4.20. The molecule has 0 aromatic rings. The van der Waals surface area contributed by atoms with Gasteiger partial charge in [0.25, 0.3) is 0 Å². The van der Waals surface area contributed by atoms with Crippen molar-refractivity contribution in [1.82, 2.24) is 4.90 Å². The summed E-state index contributed by atoms with van der Waals surface area (Å²) in [5.74, 6) is 0.980. The smallest absolute Gasteiger partial charge is 0.236 e. The first kappa shape index (κ1) is 19.1. The monoisotopic (exact) mass is 319 g/mol. The van der Waals surface area contributed by atoms with Crippen LogP contribution in [-0.4, -0.2) is 28.4 Å². The minimum Gasteiger partial charge on any atom is -0.300 e. The molecule has 126 valence electrons. The van der Waals surface area contributed by atoms with Gasteiger partial charge in [-0.25, -0.2) is 4.90 Å². The predicted molar refractivity (Wildman–Crippen MR) is 86.0 cm³/mol. The minimum atomic E-state index is -0.492. The highest BCUT2D eigenvalue weighted by Crippen LogP contribution is 2.33. The van der Waals surface area contributed by atoms with E-state index in [1.165, 1.54) is 0 Å². The van der Waals surface area contributed by atoms with Crippen LogP contribution in [0.25, 0.3) is 0 Å². The molecule has 0 N–H and O–H groups in total. The van der Waals surface area contributed by atoms with Gasteiger partial charge < -0.3 is 0 Å². The molecule has 1 rings (SSSR count). The zero-order valence-electron chi connectivity index (χ0n) is 14.2. The summed E-state index contributed by atoms with van der Waals surface area (Å²) in [6, 6.07) is 0. The first-order valence-corrected chi connectivity index (χ1v) is 8.00. The van der Waals surface area contributed by atoms with Crippen molar-refractivity contribution in [2.24, 2.45) is 11.3 Å². The van der Waals surface area contributed by atoms with E-state index >= 15 is 0 Å². The zero-order chi connectivity index (χ0) is 17.6. The highest BCUT2D eigenvalue weighted by atomic mass is 16.2. The van der Waals surface area contributed by atoms with Crippen LogP contribution in [0.1, 0.15) is 65.7 Å². The number of imide groups is 3. The van der Waals surface area contributed by atoms with Crippen LogP contribution in [0.15, 0.2) is 0 Å². The Kier molecular flexibility index (Phi) is 6.68. The van der Waals surface area contributed by atoms with Gasteiger partial charge in [0, 0.05) is 38.5 Å². The number of rotatable bonds is 7. The van der Waals surface area contributed by atoms with Crippen LogP contribution in [0.3, 0.4) is 0 Å². The van der Waals surface area contributed by atoms with Gasteiger partial charge in [-0.15, -0.1) is 12.3 Å². The van der Waals surface area contributed by atoms with Gasteiger partial charge in [-0.3, -0.25) is 19.2 Å². The Morgan fingerprint density at radius 3 is 2.22 bits per heavy atom. The van der Waals surface area contributed by atoms with Gasteiger partial charge in [0.2, 0.25) is 17.7 Å². The van der Waals surface area contributed by atoms with E-state index in [1.54, 1.807) is 0 Å². The number of unbranched alkanes of at least 4 members (excludes halogenated alkanes) is 1. The normalized spacial score (nSPS) is 16.3. The molecule has 0 aliphatic carbocycles. The molecule has 5 nitrogen and oxygen atoms in total. The number of carbonyl (C=O) groups is 4. The third-order valence-corrected chi connectivity index (χ3v) is 4.20. The molecule has 1 heterocycles. The van der Waals surface area contributed by atoms with E-state index in [-0.39, 0.29) is 42.8 Å². The number of ketones is 1. The van der Waals surface area contributed by atoms with Gasteiger partial charge in [0.1, 0.15) is 5.78 Å². The molecular formula is C18H25NO4. The predicted octanol–water partition coefficient (Wildman–Crippen LogP) is 2.48. The number of nitrogens with zero attached hydrogens (tertiary/aromatic N) is 1. The van der Waals surface area contributed by atoms with E-state index in [0.717, 1.165) is 4.90 Å². The standard InChI is InChI=1S/C18H25NO4/c1-5-6-7-8-14(20)11-13(18(2,3)4)12-17(23)19-15(21)9-10-16(19)22/h1,13H,6-12H2,2-4H3. The number of Topliss-reactive ketones (excluding diaryl/α,β-unsaturated/α-hetero) is 1. The molecule has 0 spiro atoms. The molecule has 3 amide bonds. The Morgan fingerprint density at radius 1 is 1.17 bits per heavy atom. The molecule has 1 unspecified atom stereocenters. The second-order valence-corrected chi connectivity index (χ2v) is 7.08. The zero-order valence-corrected chi connectivity index (χ0v) is 14.2. The van der Waals surface area contributed by atoms with Gasteiger partial charge in [0.05, 0.1) is 0 Å². The van der Waals surface area contributed by atoms with Gasteiger partial charge in [-0.05, 0) is 17.8 Å². The molecule has 23 heavy (non-hydrogen) atoms. The second-order valence-electron chi connectivity index (χ2n) is 7.08. The second kappa shape index (κ2) is 8.05. The van der Waals surface area contributed by atoms with Crippen molar-refractivity contribution in [2.45, 2.75) is 65.7 Å². The summed E-state index contributed by atoms with van der Waals surface area (Å²) >= 11 is 0. The average molecular weight is 319 g/mol. The van der Waals surface area contributed by atoms with Gasteiger partial charge >= 0.3 is 0 Å². The Balaban J connectivity index is 2.70. The number of amides is 3. The molecule has 1 fully saturated rings. The van der Waals surface area contributed by atoms with E-state index in [0.29, 0.717) is 19.3 Å². The lowest BCUT2D eigenvalue weighted by Crippen LogP contribution is -2.38. The van der Waals surface area contributed by atoms with Crippen LogP contribution in [0.5, 0.6) is 0 Å². The van der Waals surface area contributed by atoms with Crippen LogP contribution in [0.2, 0.25) is 0 Å².